The number of rotatable bonds is 1. The van der Waals surface area contributed by atoms with E-state index < -0.39 is 0 Å². The summed E-state index contributed by atoms with van der Waals surface area (Å²) in [5.41, 5.74) is 0.670. The van der Waals surface area contributed by atoms with Crippen LogP contribution in [0.2, 0.25) is 0 Å². The van der Waals surface area contributed by atoms with Gasteiger partial charge in [0.1, 0.15) is 5.17 Å². The molecular formula is C10H16ClNO. The van der Waals surface area contributed by atoms with Crippen molar-refractivity contribution in [1.29, 1.82) is 0 Å². The molecule has 0 bridgehead atoms. The molecule has 0 atom stereocenters. The van der Waals surface area contributed by atoms with Crippen LogP contribution in [0.25, 0.3) is 0 Å². The third-order valence-corrected chi connectivity index (χ3v) is 4.28. The predicted octanol–water partition coefficient (Wildman–Crippen LogP) is 3.37. The molecule has 1 N–H and O–H groups in total. The Hall–Kier alpha value is -0.240. The van der Waals surface area contributed by atoms with E-state index >= 15 is 0 Å². The van der Waals surface area contributed by atoms with Crippen LogP contribution in [0.15, 0.2) is 5.16 Å². The van der Waals surface area contributed by atoms with Crippen molar-refractivity contribution >= 4 is 16.8 Å². The molecule has 0 aliphatic heterocycles. The van der Waals surface area contributed by atoms with Crippen LogP contribution in [0, 0.1) is 11.3 Å². The monoisotopic (exact) mass is 201 g/mol. The predicted molar refractivity (Wildman–Crippen MR) is 53.3 cm³/mol. The smallest absolute Gasteiger partial charge is 0.148 e. The summed E-state index contributed by atoms with van der Waals surface area (Å²) in [5.74, 6) is 0.331. The highest BCUT2D eigenvalue weighted by molar-refractivity contribution is 6.65. The van der Waals surface area contributed by atoms with Gasteiger partial charge in [-0.1, -0.05) is 23.2 Å². The molecule has 0 aromatic rings. The molecule has 74 valence electrons. The zero-order valence-corrected chi connectivity index (χ0v) is 8.56. The lowest BCUT2D eigenvalue weighted by atomic mass is 9.59. The van der Waals surface area contributed by atoms with E-state index in [0.717, 1.165) is 12.8 Å². The van der Waals surface area contributed by atoms with Crippen LogP contribution in [0.1, 0.15) is 44.9 Å². The summed E-state index contributed by atoms with van der Waals surface area (Å²) in [6.45, 7) is 0. The Morgan fingerprint density at radius 2 is 1.85 bits per heavy atom. The van der Waals surface area contributed by atoms with Gasteiger partial charge in [0, 0.05) is 5.92 Å². The van der Waals surface area contributed by atoms with Crippen molar-refractivity contribution in [3.8, 4) is 0 Å². The molecule has 2 aliphatic rings. The van der Waals surface area contributed by atoms with E-state index in [1.54, 1.807) is 0 Å². The van der Waals surface area contributed by atoms with Crippen molar-refractivity contribution in [2.24, 2.45) is 16.5 Å². The Bertz CT molecular complexity index is 213. The van der Waals surface area contributed by atoms with Gasteiger partial charge in [-0.3, -0.25) is 0 Å². The van der Waals surface area contributed by atoms with Crippen LogP contribution >= 0.6 is 11.6 Å². The minimum Gasteiger partial charge on any atom is -0.410 e. The summed E-state index contributed by atoms with van der Waals surface area (Å²) < 4.78 is 0. The molecule has 2 saturated carbocycles. The molecule has 2 fully saturated rings. The standard InChI is InChI=1S/C10H16ClNO/c11-9(12-13)8-2-6-10(7-3-8)4-1-5-10/h8,13H,1-7H2/b12-9-. The molecule has 2 nitrogen and oxygen atoms in total. The normalized spacial score (nSPS) is 28.8. The summed E-state index contributed by atoms with van der Waals surface area (Å²) >= 11 is 5.80. The Morgan fingerprint density at radius 3 is 2.23 bits per heavy atom. The van der Waals surface area contributed by atoms with Crippen LogP contribution in [0.5, 0.6) is 0 Å². The second-order valence-electron chi connectivity index (χ2n) is 4.55. The largest absolute Gasteiger partial charge is 0.410 e. The van der Waals surface area contributed by atoms with Gasteiger partial charge in [0.25, 0.3) is 0 Å². The van der Waals surface area contributed by atoms with E-state index in [4.69, 9.17) is 16.8 Å². The van der Waals surface area contributed by atoms with Gasteiger partial charge in [-0.05, 0) is 43.9 Å². The van der Waals surface area contributed by atoms with E-state index in [-0.39, 0.29) is 0 Å². The highest BCUT2D eigenvalue weighted by atomic mass is 35.5. The minimum absolute atomic E-state index is 0.331. The van der Waals surface area contributed by atoms with Gasteiger partial charge >= 0.3 is 0 Å². The SMILES string of the molecule is O/N=C(\Cl)C1CCC2(CCC2)CC1. The topological polar surface area (TPSA) is 32.6 Å². The van der Waals surface area contributed by atoms with Gasteiger partial charge < -0.3 is 5.21 Å². The molecule has 13 heavy (non-hydrogen) atoms. The van der Waals surface area contributed by atoms with Gasteiger partial charge in [0.2, 0.25) is 0 Å². The Balaban J connectivity index is 1.89. The van der Waals surface area contributed by atoms with Crippen LogP contribution in [-0.2, 0) is 0 Å². The molecule has 0 saturated heterocycles. The molecule has 0 aromatic carbocycles. The summed E-state index contributed by atoms with van der Waals surface area (Å²) in [7, 11) is 0. The molecule has 0 aromatic heterocycles. The van der Waals surface area contributed by atoms with Gasteiger partial charge in [-0.25, -0.2) is 0 Å². The summed E-state index contributed by atoms with van der Waals surface area (Å²) in [4.78, 5) is 0. The fourth-order valence-corrected chi connectivity index (χ4v) is 2.95. The first-order chi connectivity index (χ1) is 6.26. The number of hydrogen-bond donors (Lipinski definition) is 1. The lowest BCUT2D eigenvalue weighted by molar-refractivity contribution is 0.0674. The fourth-order valence-electron chi connectivity index (χ4n) is 2.73. The molecule has 0 amide bonds. The second-order valence-corrected chi connectivity index (χ2v) is 4.94. The van der Waals surface area contributed by atoms with Crippen molar-refractivity contribution in [3.63, 3.8) is 0 Å². The zero-order valence-electron chi connectivity index (χ0n) is 7.80. The minimum atomic E-state index is 0.331. The molecule has 0 unspecified atom stereocenters. The first kappa shape index (κ1) is 9.32. The second kappa shape index (κ2) is 3.49. The third-order valence-electron chi connectivity index (χ3n) is 3.89. The Labute approximate surface area is 84.0 Å². The first-order valence-electron chi connectivity index (χ1n) is 5.13. The third kappa shape index (κ3) is 1.69. The average molecular weight is 202 g/mol. The maximum atomic E-state index is 8.54. The van der Waals surface area contributed by atoms with Crippen LogP contribution in [0.4, 0.5) is 0 Å². The summed E-state index contributed by atoms with van der Waals surface area (Å²) in [5, 5.41) is 12.0. The molecule has 2 aliphatic carbocycles. The first-order valence-corrected chi connectivity index (χ1v) is 5.51. The number of halogens is 1. The summed E-state index contributed by atoms with van der Waals surface area (Å²) in [6.07, 6.45) is 9.02. The number of oxime groups is 1. The molecule has 0 radical (unpaired) electrons. The van der Waals surface area contributed by atoms with E-state index in [2.05, 4.69) is 5.16 Å². The molecule has 3 heteroatoms. The van der Waals surface area contributed by atoms with Crippen LogP contribution < -0.4 is 0 Å². The molecule has 2 rings (SSSR count). The number of nitrogens with zero attached hydrogens (tertiary/aromatic N) is 1. The Kier molecular flexibility index (Phi) is 2.50. The van der Waals surface area contributed by atoms with Gasteiger partial charge in [0.05, 0.1) is 0 Å². The molecule has 1 spiro atoms. The number of hydrogen-bond acceptors (Lipinski definition) is 2. The van der Waals surface area contributed by atoms with E-state index in [0.29, 0.717) is 16.5 Å². The van der Waals surface area contributed by atoms with E-state index in [1.165, 1.54) is 32.1 Å². The molecular weight excluding hydrogens is 186 g/mol. The van der Waals surface area contributed by atoms with Gasteiger partial charge in [-0.2, -0.15) is 0 Å². The van der Waals surface area contributed by atoms with E-state index in [9.17, 15) is 0 Å². The lowest BCUT2D eigenvalue weighted by Gasteiger charge is -2.46. The highest BCUT2D eigenvalue weighted by Crippen LogP contribution is 2.52. The van der Waals surface area contributed by atoms with Crippen molar-refractivity contribution < 1.29 is 5.21 Å². The van der Waals surface area contributed by atoms with Gasteiger partial charge in [0.15, 0.2) is 0 Å². The van der Waals surface area contributed by atoms with Crippen molar-refractivity contribution in [3.05, 3.63) is 0 Å². The van der Waals surface area contributed by atoms with Crippen LogP contribution in [0.3, 0.4) is 0 Å². The maximum absolute atomic E-state index is 8.54. The van der Waals surface area contributed by atoms with Crippen molar-refractivity contribution in [2.45, 2.75) is 44.9 Å². The summed E-state index contributed by atoms with van der Waals surface area (Å²) in [6, 6.07) is 0. The lowest BCUT2D eigenvalue weighted by Crippen LogP contribution is -2.35. The fraction of sp³-hybridized carbons (Fsp3) is 0.900. The van der Waals surface area contributed by atoms with Gasteiger partial charge in [-0.15, -0.1) is 0 Å². The maximum Gasteiger partial charge on any atom is 0.148 e. The highest BCUT2D eigenvalue weighted by Gasteiger charge is 2.40. The van der Waals surface area contributed by atoms with Crippen molar-refractivity contribution in [2.75, 3.05) is 0 Å². The van der Waals surface area contributed by atoms with E-state index in [1.807, 2.05) is 0 Å². The Morgan fingerprint density at radius 1 is 1.23 bits per heavy atom. The zero-order chi connectivity index (χ0) is 9.31. The van der Waals surface area contributed by atoms with Crippen LogP contribution in [-0.4, -0.2) is 10.4 Å². The molecule has 0 heterocycles. The van der Waals surface area contributed by atoms with Crippen molar-refractivity contribution in [1.82, 2.24) is 0 Å². The quantitative estimate of drug-likeness (QED) is 0.394. The average Bonchev–Trinajstić information content (AvgIpc) is 2.14.